The van der Waals surface area contributed by atoms with Crippen LogP contribution in [0.4, 0.5) is 5.69 Å². The number of nitrogens with zero attached hydrogens (tertiary/aromatic N) is 3. The van der Waals surface area contributed by atoms with Gasteiger partial charge in [-0.05, 0) is 44.1 Å². The van der Waals surface area contributed by atoms with Crippen LogP contribution in [0.1, 0.15) is 58.6 Å². The minimum Gasteiger partial charge on any atom is -0.398 e. The van der Waals surface area contributed by atoms with E-state index in [2.05, 4.69) is 28.9 Å². The number of likely N-dealkylation sites (N-methyl/N-ethyl adjacent to an activating group) is 1. The van der Waals surface area contributed by atoms with Gasteiger partial charge in [0, 0.05) is 51.1 Å². The van der Waals surface area contributed by atoms with Gasteiger partial charge >= 0.3 is 0 Å². The Morgan fingerprint density at radius 3 is 2.26 bits per heavy atom. The lowest BCUT2D eigenvalue weighted by Crippen LogP contribution is -2.24. The number of aliphatic imine (C=N–C) groups is 1. The quantitative estimate of drug-likeness (QED) is 0.435. The van der Waals surface area contributed by atoms with E-state index < -0.39 is 0 Å². The zero-order valence-corrected chi connectivity index (χ0v) is 22.1. The molecule has 0 radical (unpaired) electrons. The molecule has 7 heteroatoms. The van der Waals surface area contributed by atoms with Crippen molar-refractivity contribution in [3.05, 3.63) is 33.3 Å². The van der Waals surface area contributed by atoms with Gasteiger partial charge in [0.1, 0.15) is 6.29 Å². The molecule has 5 nitrogen and oxygen atoms in total. The van der Waals surface area contributed by atoms with Crippen molar-refractivity contribution in [3.8, 4) is 0 Å². The Labute approximate surface area is 200 Å². The topological polar surface area (TPSA) is 61.9 Å². The smallest absolute Gasteiger partial charge is 0.119 e. The van der Waals surface area contributed by atoms with Crippen LogP contribution in [0.2, 0.25) is 10.0 Å². The molecule has 0 bridgehead atoms. The summed E-state index contributed by atoms with van der Waals surface area (Å²) in [6.45, 7) is 12.8. The summed E-state index contributed by atoms with van der Waals surface area (Å²) in [6, 6.07) is 1.86. The lowest BCUT2D eigenvalue weighted by molar-refractivity contribution is -0.107. The summed E-state index contributed by atoms with van der Waals surface area (Å²) < 4.78 is 0. The molecule has 0 atom stereocenters. The molecule has 0 aliphatic carbocycles. The van der Waals surface area contributed by atoms with Gasteiger partial charge in [-0.3, -0.25) is 4.99 Å². The minimum atomic E-state index is 0.532. The largest absolute Gasteiger partial charge is 0.398 e. The fourth-order valence-electron chi connectivity index (χ4n) is 2.91. The van der Waals surface area contributed by atoms with Crippen LogP contribution in [0.15, 0.2) is 17.1 Å². The third-order valence-electron chi connectivity index (χ3n) is 4.34. The molecule has 1 aliphatic rings. The van der Waals surface area contributed by atoms with Crippen molar-refractivity contribution < 1.29 is 4.79 Å². The summed E-state index contributed by atoms with van der Waals surface area (Å²) in [5.74, 6) is 0. The number of halogens is 2. The van der Waals surface area contributed by atoms with Gasteiger partial charge in [0.2, 0.25) is 0 Å². The first-order valence-electron chi connectivity index (χ1n) is 11.1. The van der Waals surface area contributed by atoms with Crippen molar-refractivity contribution in [2.45, 2.75) is 53.9 Å². The zero-order valence-electron chi connectivity index (χ0n) is 20.6. The zero-order chi connectivity index (χ0) is 24.4. The van der Waals surface area contributed by atoms with Crippen molar-refractivity contribution in [2.24, 2.45) is 10.7 Å². The molecule has 178 valence electrons. The molecule has 0 saturated carbocycles. The summed E-state index contributed by atoms with van der Waals surface area (Å²) in [5.41, 5.74) is 10.0. The Hall–Kier alpha value is -1.56. The predicted molar refractivity (Wildman–Crippen MR) is 141 cm³/mol. The number of carbonyl (C=O) groups excluding carboxylic acids is 1. The molecule has 31 heavy (non-hydrogen) atoms. The number of benzene rings is 1. The van der Waals surface area contributed by atoms with Crippen LogP contribution in [0.3, 0.4) is 0 Å². The van der Waals surface area contributed by atoms with E-state index in [0.717, 1.165) is 55.6 Å². The van der Waals surface area contributed by atoms with Crippen molar-refractivity contribution in [3.63, 3.8) is 0 Å². The highest BCUT2D eigenvalue weighted by atomic mass is 35.5. The van der Waals surface area contributed by atoms with Crippen molar-refractivity contribution in [1.29, 1.82) is 0 Å². The molecule has 0 unspecified atom stereocenters. The van der Waals surface area contributed by atoms with Gasteiger partial charge in [-0.15, -0.1) is 0 Å². The maximum Gasteiger partial charge on any atom is 0.119 e. The van der Waals surface area contributed by atoms with E-state index in [4.69, 9.17) is 28.9 Å². The Kier molecular flexibility index (Phi) is 19.5. The van der Waals surface area contributed by atoms with Gasteiger partial charge < -0.3 is 20.3 Å². The second-order valence-corrected chi connectivity index (χ2v) is 7.26. The Morgan fingerprint density at radius 2 is 1.74 bits per heavy atom. The molecule has 0 spiro atoms. The number of aldehydes is 1. The standard InChI is InChI=1S/C17H24Cl2N4.C3H6O.2C2H6/c1-21-7-5-15(20)13-11-14(18)16(19)17-12(13)6-10-22(2)8-4-9-23(17)3;1-2-3-4;2*1-2/h5,7,11H,4,6,8-10,20H2,1-3H3;3H,2H2,1H3;2*1-2H3/b15-5-,21-7?;;;. The van der Waals surface area contributed by atoms with Crippen LogP contribution in [-0.4, -0.2) is 58.2 Å². The number of hydrogen-bond donors (Lipinski definition) is 1. The maximum atomic E-state index is 9.17. The van der Waals surface area contributed by atoms with E-state index in [1.807, 2.05) is 40.7 Å². The van der Waals surface area contributed by atoms with E-state index in [1.54, 1.807) is 19.3 Å². The first-order chi connectivity index (χ1) is 14.9. The van der Waals surface area contributed by atoms with Crippen molar-refractivity contribution in [1.82, 2.24) is 4.90 Å². The Balaban J connectivity index is 0. The minimum absolute atomic E-state index is 0.532. The first kappa shape index (κ1) is 31.6. The summed E-state index contributed by atoms with van der Waals surface area (Å²) in [7, 11) is 5.92. The fourth-order valence-corrected chi connectivity index (χ4v) is 3.42. The number of anilines is 1. The molecule has 0 aromatic heterocycles. The highest BCUT2D eigenvalue weighted by Crippen LogP contribution is 2.40. The molecule has 1 aliphatic heterocycles. The first-order valence-corrected chi connectivity index (χ1v) is 11.8. The molecule has 1 aromatic carbocycles. The van der Waals surface area contributed by atoms with Crippen LogP contribution < -0.4 is 10.6 Å². The maximum absolute atomic E-state index is 9.17. The predicted octanol–water partition coefficient (Wildman–Crippen LogP) is 5.96. The number of rotatable bonds is 3. The molecular weight excluding hydrogens is 431 g/mol. The molecular formula is C24H42Cl2N4O. The summed E-state index contributed by atoms with van der Waals surface area (Å²) >= 11 is 12.9. The highest BCUT2D eigenvalue weighted by molar-refractivity contribution is 6.44. The van der Waals surface area contributed by atoms with E-state index in [0.29, 0.717) is 22.2 Å². The van der Waals surface area contributed by atoms with Gasteiger partial charge in [0.15, 0.2) is 0 Å². The normalized spacial score (nSPS) is 14.4. The lowest BCUT2D eigenvalue weighted by atomic mass is 9.98. The van der Waals surface area contributed by atoms with Crippen LogP contribution in [0.25, 0.3) is 5.70 Å². The third-order valence-corrected chi connectivity index (χ3v) is 5.12. The Bertz CT molecular complexity index is 691. The molecule has 0 fully saturated rings. The van der Waals surface area contributed by atoms with E-state index in [9.17, 15) is 4.79 Å². The van der Waals surface area contributed by atoms with Gasteiger partial charge in [-0.1, -0.05) is 57.8 Å². The average molecular weight is 474 g/mol. The molecule has 1 aromatic rings. The second kappa shape index (κ2) is 19.1. The number of nitrogens with two attached hydrogens (primary N) is 1. The van der Waals surface area contributed by atoms with E-state index in [-0.39, 0.29) is 0 Å². The summed E-state index contributed by atoms with van der Waals surface area (Å²) in [5, 5.41) is 1.14. The average Bonchev–Trinajstić information content (AvgIpc) is 2.86. The Morgan fingerprint density at radius 1 is 1.16 bits per heavy atom. The highest BCUT2D eigenvalue weighted by Gasteiger charge is 2.21. The SMILES string of the molecule is CC.CC.CCC=O.CN=C/C=C(\N)c1cc(Cl)c(Cl)c2c1CCN(C)CCCN2C. The molecule has 2 rings (SSSR count). The van der Waals surface area contributed by atoms with Crippen LogP contribution >= 0.6 is 23.2 Å². The summed E-state index contributed by atoms with van der Waals surface area (Å²) in [6.07, 6.45) is 6.96. The van der Waals surface area contributed by atoms with E-state index in [1.165, 1.54) is 0 Å². The number of allylic oxidation sites excluding steroid dienone is 1. The molecule has 2 N–H and O–H groups in total. The lowest BCUT2D eigenvalue weighted by Gasteiger charge is -2.25. The monoisotopic (exact) mass is 472 g/mol. The van der Waals surface area contributed by atoms with Gasteiger partial charge in [0.25, 0.3) is 0 Å². The second-order valence-electron chi connectivity index (χ2n) is 6.48. The molecule has 1 heterocycles. The number of hydrogen-bond acceptors (Lipinski definition) is 5. The number of carbonyl (C=O) groups is 1. The van der Waals surface area contributed by atoms with Gasteiger partial charge in [-0.25, -0.2) is 0 Å². The van der Waals surface area contributed by atoms with Crippen LogP contribution in [0, 0.1) is 0 Å². The third kappa shape index (κ3) is 11.0. The van der Waals surface area contributed by atoms with Crippen LogP contribution in [-0.2, 0) is 11.2 Å². The fraction of sp³-hybridized carbons (Fsp3) is 0.583. The van der Waals surface area contributed by atoms with E-state index >= 15 is 0 Å². The van der Waals surface area contributed by atoms with Gasteiger partial charge in [0.05, 0.1) is 15.7 Å². The van der Waals surface area contributed by atoms with Crippen molar-refractivity contribution >= 4 is 47.1 Å². The van der Waals surface area contributed by atoms with Gasteiger partial charge in [-0.2, -0.15) is 0 Å². The van der Waals surface area contributed by atoms with Crippen LogP contribution in [0.5, 0.6) is 0 Å². The molecule has 0 saturated heterocycles. The van der Waals surface area contributed by atoms with Crippen molar-refractivity contribution in [2.75, 3.05) is 45.7 Å². The summed E-state index contributed by atoms with van der Waals surface area (Å²) in [4.78, 5) is 17.7. The number of fused-ring (bicyclic) bond motifs is 1. The molecule has 0 amide bonds.